The molecule has 2 fully saturated rings. The number of ketones is 1. The monoisotopic (exact) mass is 1050 g/mol. The summed E-state index contributed by atoms with van der Waals surface area (Å²) in [7, 11) is 0. The van der Waals surface area contributed by atoms with Crippen LogP contribution in [0.1, 0.15) is 57.8 Å². The van der Waals surface area contributed by atoms with Crippen LogP contribution in [0.5, 0.6) is 0 Å². The molecule has 12 heteroatoms. The van der Waals surface area contributed by atoms with Gasteiger partial charge in [-0.2, -0.15) is 0 Å². The summed E-state index contributed by atoms with van der Waals surface area (Å²) in [5.41, 5.74) is -5.35. The average molecular weight is 1050 g/mol. The Morgan fingerprint density at radius 3 is 2.24 bits per heavy atom. The summed E-state index contributed by atoms with van der Waals surface area (Å²) in [4.78, 5) is 27.7. The Balaban J connectivity index is 0.00000308. The first-order valence-electron chi connectivity index (χ1n) is 13.5. The van der Waals surface area contributed by atoms with Crippen molar-refractivity contribution >= 4 is 39.9 Å². The molecule has 1 saturated carbocycles. The second kappa shape index (κ2) is 14.6. The van der Waals surface area contributed by atoms with Crippen molar-refractivity contribution in [3.05, 3.63) is 47.5 Å². The minimum atomic E-state index is -1.93. The van der Waals surface area contributed by atoms with Gasteiger partial charge in [-0.15, -0.1) is 11.8 Å². The summed E-state index contributed by atoms with van der Waals surface area (Å²) in [5.74, 6) is -3.22. The maximum atomic E-state index is 14.1. The number of esters is 1. The molecule has 0 spiro atoms. The van der Waals surface area contributed by atoms with Crippen LogP contribution >= 0.6 is 24.0 Å². The first kappa shape index (κ1) is 39.4. The molecule has 4 rings (SSSR count). The van der Waals surface area contributed by atoms with Gasteiger partial charge in [-0.3, -0.25) is 4.79 Å². The minimum absolute atomic E-state index is 0. The molecule has 3 aliphatic rings. The second-order valence-corrected chi connectivity index (χ2v) is 13.9. The molecule has 1 heterocycles. The molecule has 4 N–H and O–H groups in total. The molecule has 0 aromatic heterocycles. The summed E-state index contributed by atoms with van der Waals surface area (Å²) < 4.78 is 12.5. The Morgan fingerprint density at radius 1 is 1.14 bits per heavy atom. The fraction of sp³-hybridized carbons (Fsp3) is 0.633. The van der Waals surface area contributed by atoms with Crippen LogP contribution in [-0.2, 0) is 14.3 Å². The van der Waals surface area contributed by atoms with E-state index in [1.807, 2.05) is 0 Å². The van der Waals surface area contributed by atoms with Crippen molar-refractivity contribution in [3.8, 4) is 0 Å². The number of rotatable bonds is 7. The Bertz CT molecular complexity index is 1210. The third kappa shape index (κ3) is 6.64. The van der Waals surface area contributed by atoms with Crippen molar-refractivity contribution in [2.45, 2.75) is 83.1 Å². The molecule has 1 aliphatic heterocycles. The maximum absolute atomic E-state index is 14.1. The third-order valence-corrected chi connectivity index (χ3v) is 11.1. The van der Waals surface area contributed by atoms with Gasteiger partial charge in [0.05, 0.1) is 28.6 Å². The van der Waals surface area contributed by atoms with Gasteiger partial charge >= 0.3 is 5.97 Å². The summed E-state index contributed by atoms with van der Waals surface area (Å²) in [6.07, 6.45) is -1.15. The molecule has 1 saturated heterocycles. The molecule has 42 heavy (non-hydrogen) atoms. The van der Waals surface area contributed by atoms with Crippen molar-refractivity contribution in [1.82, 2.24) is 0 Å². The topological polar surface area (TPSA) is 134 Å². The molecule has 0 bridgehead atoms. The van der Waals surface area contributed by atoms with Crippen LogP contribution in [0.2, 0.25) is 0 Å². The zero-order valence-corrected chi connectivity index (χ0v) is 36.1. The van der Waals surface area contributed by atoms with Gasteiger partial charge in [-0.1, -0.05) is 57.3 Å². The van der Waals surface area contributed by atoms with Crippen molar-refractivity contribution in [2.24, 2.45) is 22.7 Å². The van der Waals surface area contributed by atoms with E-state index in [1.54, 1.807) is 70.4 Å². The van der Waals surface area contributed by atoms with E-state index in [0.717, 1.165) is 0 Å². The number of Topliss-reactive ketones (excluding diaryl/α,β-unsaturated/α-hetero) is 1. The second-order valence-electron chi connectivity index (χ2n) is 12.3. The van der Waals surface area contributed by atoms with Gasteiger partial charge in [0.25, 0.3) is 0 Å². The number of carbonyl (C=O) groups is 2. The zero-order valence-electron chi connectivity index (χ0n) is 24.9. The molecule has 226 valence electrons. The Kier molecular flexibility index (Phi) is 13.7. The number of hydrogen-bond acceptors (Lipinski definition) is 10. The summed E-state index contributed by atoms with van der Waals surface area (Å²) in [6, 6.07) is 8.26. The van der Waals surface area contributed by atoms with Gasteiger partial charge in [-0.25, -0.2) is 4.79 Å². The number of benzene rings is 1. The quantitative estimate of drug-likeness (QED) is 0.184. The minimum Gasteiger partial charge on any atom is -0.455 e. The van der Waals surface area contributed by atoms with E-state index in [4.69, 9.17) is 21.7 Å². The maximum Gasteiger partial charge on any atom is 0.338 e. The normalized spacial score (nSPS) is 36.4. The van der Waals surface area contributed by atoms with Crippen LogP contribution in [0.15, 0.2) is 42.0 Å². The van der Waals surface area contributed by atoms with Gasteiger partial charge in [0.1, 0.15) is 23.4 Å². The molecule has 7 unspecified atom stereocenters. The van der Waals surface area contributed by atoms with Gasteiger partial charge in [0, 0.05) is 117 Å². The molecular formula is C30H40Ac2O8S2. The molecule has 1 aromatic rings. The molecule has 2 radical (unpaired) electrons. The standard InChI is InChI=1S/C30H40O8S2.2Ac/c1-16-13-27(3,4)30(36,14-20(16)32)24(38-25(34)18-10-8-7-9-11-18)22-28(5,23(33)17(2)31)19(26(39)40-6)12-21-29(22,35)15-37-21;;/h7-11,13,17,19-22,24,31-32,35-36H,12,14-15H2,1-6H3;;/t17?,19-,20?,21?,22?,24?,28-,29?,30?;;/m1../s1. The van der Waals surface area contributed by atoms with E-state index < -0.39 is 70.0 Å². The van der Waals surface area contributed by atoms with E-state index in [2.05, 4.69) is 0 Å². The van der Waals surface area contributed by atoms with Crippen LogP contribution in [0.4, 0.5) is 0 Å². The predicted molar refractivity (Wildman–Crippen MR) is 156 cm³/mol. The van der Waals surface area contributed by atoms with Crippen molar-refractivity contribution in [2.75, 3.05) is 12.9 Å². The van der Waals surface area contributed by atoms with Crippen molar-refractivity contribution in [3.63, 3.8) is 0 Å². The number of hydrogen-bond donors (Lipinski definition) is 4. The zero-order chi connectivity index (χ0) is 29.8. The van der Waals surface area contributed by atoms with Crippen LogP contribution < -0.4 is 0 Å². The van der Waals surface area contributed by atoms with E-state index in [0.29, 0.717) is 9.77 Å². The fourth-order valence-electron chi connectivity index (χ4n) is 7.15. The number of aliphatic hydroxyl groups excluding tert-OH is 2. The van der Waals surface area contributed by atoms with Gasteiger partial charge in [0.15, 0.2) is 5.78 Å². The Morgan fingerprint density at radius 2 is 1.74 bits per heavy atom. The number of thiocarbonyl (C=S) groups is 1. The molecular weight excluding hydrogens is 1010 g/mol. The molecule has 9 atom stereocenters. The van der Waals surface area contributed by atoms with Crippen LogP contribution in [0.3, 0.4) is 0 Å². The van der Waals surface area contributed by atoms with E-state index in [1.165, 1.54) is 18.7 Å². The molecule has 0 amide bonds. The van der Waals surface area contributed by atoms with Gasteiger partial charge in [0.2, 0.25) is 0 Å². The van der Waals surface area contributed by atoms with Gasteiger partial charge in [-0.05, 0) is 44.2 Å². The van der Waals surface area contributed by atoms with Crippen LogP contribution in [0, 0.1) is 111 Å². The number of carbonyl (C=O) groups excluding carboxylic acids is 2. The summed E-state index contributed by atoms with van der Waals surface area (Å²) in [5, 5.41) is 46.5. The Labute approximate surface area is 329 Å². The number of thioether (sulfide) groups is 1. The smallest absolute Gasteiger partial charge is 0.338 e. The number of ether oxygens (including phenoxy) is 2. The third-order valence-electron chi connectivity index (χ3n) is 9.58. The predicted octanol–water partition coefficient (Wildman–Crippen LogP) is 3.09. The van der Waals surface area contributed by atoms with Crippen molar-refractivity contribution in [1.29, 1.82) is 0 Å². The SMILES string of the molecule is CSC(=S)[C@H]1CC2OCC2(O)C(C(OC(=O)c2ccccc2)C2(O)CC(O)C(C)=CC2(C)C)[C@]1(C)C(=O)C(C)O.[Ac].[Ac]. The first-order chi connectivity index (χ1) is 18.5. The molecule has 8 nitrogen and oxygen atoms in total. The number of fused-ring (bicyclic) bond motifs is 1. The van der Waals surface area contributed by atoms with Crippen LogP contribution in [0.25, 0.3) is 0 Å². The fourth-order valence-corrected chi connectivity index (χ4v) is 8.12. The summed E-state index contributed by atoms with van der Waals surface area (Å²) >= 11 is 7.01. The van der Waals surface area contributed by atoms with E-state index >= 15 is 0 Å². The van der Waals surface area contributed by atoms with Crippen LogP contribution in [-0.4, -0.2) is 84.9 Å². The van der Waals surface area contributed by atoms with Crippen molar-refractivity contribution < 1.29 is 128 Å². The largest absolute Gasteiger partial charge is 0.455 e. The van der Waals surface area contributed by atoms with E-state index in [-0.39, 0.29) is 113 Å². The summed E-state index contributed by atoms with van der Waals surface area (Å²) in [6.45, 7) is 8.13. The molecule has 2 aliphatic carbocycles. The Hall–Kier alpha value is 1.22. The van der Waals surface area contributed by atoms with Gasteiger partial charge < -0.3 is 29.9 Å². The molecule has 1 aromatic carbocycles. The number of aliphatic hydroxyl groups is 4. The first-order valence-corrected chi connectivity index (χ1v) is 15.2. The average Bonchev–Trinajstić information content (AvgIpc) is 2.89. The van der Waals surface area contributed by atoms with E-state index in [9.17, 15) is 30.0 Å².